The van der Waals surface area contributed by atoms with E-state index >= 15 is 0 Å². The summed E-state index contributed by atoms with van der Waals surface area (Å²) >= 11 is 0. The van der Waals surface area contributed by atoms with Crippen LogP contribution < -0.4 is 16.2 Å². The summed E-state index contributed by atoms with van der Waals surface area (Å²) in [6, 6.07) is 0.0233. The normalized spacial score (nSPS) is 30.1. The van der Waals surface area contributed by atoms with Crippen molar-refractivity contribution in [2.75, 3.05) is 19.7 Å². The number of H-pyrrole nitrogens is 1. The van der Waals surface area contributed by atoms with Crippen molar-refractivity contribution in [2.45, 2.75) is 58.1 Å². The van der Waals surface area contributed by atoms with E-state index in [-0.39, 0.29) is 30.0 Å². The van der Waals surface area contributed by atoms with Crippen LogP contribution in [0, 0.1) is 31.6 Å². The van der Waals surface area contributed by atoms with Crippen LogP contribution in [0.15, 0.2) is 4.79 Å². The van der Waals surface area contributed by atoms with Gasteiger partial charge >= 0.3 is 0 Å². The highest BCUT2D eigenvalue weighted by Crippen LogP contribution is 2.36. The lowest BCUT2D eigenvalue weighted by Crippen LogP contribution is -2.51. The lowest BCUT2D eigenvalue weighted by molar-refractivity contribution is -0.123. The molecular weight excluding hydrogens is 344 g/mol. The van der Waals surface area contributed by atoms with Crippen molar-refractivity contribution in [1.29, 1.82) is 0 Å². The summed E-state index contributed by atoms with van der Waals surface area (Å²) in [5, 5.41) is 6.64. The zero-order chi connectivity index (χ0) is 19.0. The van der Waals surface area contributed by atoms with Crippen LogP contribution in [-0.4, -0.2) is 47.7 Å². The molecule has 0 aromatic carbocycles. The number of aromatic nitrogens is 2. The Labute approximate surface area is 159 Å². The number of aromatic amines is 1. The average molecular weight is 374 g/mol. The molecule has 7 nitrogen and oxygen atoms in total. The van der Waals surface area contributed by atoms with Crippen molar-refractivity contribution in [2.24, 2.45) is 17.8 Å². The zero-order valence-electron chi connectivity index (χ0n) is 16.2. The lowest BCUT2D eigenvalue weighted by atomic mass is 9.77. The van der Waals surface area contributed by atoms with E-state index in [0.29, 0.717) is 34.8 Å². The van der Waals surface area contributed by atoms with Gasteiger partial charge in [-0.05, 0) is 70.4 Å². The molecule has 3 N–H and O–H groups in total. The molecule has 3 fully saturated rings. The summed E-state index contributed by atoms with van der Waals surface area (Å²) in [6.07, 6.45) is 4.61. The van der Waals surface area contributed by atoms with E-state index in [2.05, 4.69) is 20.6 Å². The highest BCUT2D eigenvalue weighted by molar-refractivity contribution is 5.79. The molecule has 1 aromatic rings. The van der Waals surface area contributed by atoms with Gasteiger partial charge in [0.2, 0.25) is 5.91 Å². The maximum atomic E-state index is 12.7. The molecule has 27 heavy (non-hydrogen) atoms. The maximum Gasteiger partial charge on any atom is 0.254 e. The van der Waals surface area contributed by atoms with Crippen LogP contribution in [0.2, 0.25) is 0 Å². The number of aryl methyl sites for hydroxylation is 2. The van der Waals surface area contributed by atoms with Crippen molar-refractivity contribution >= 4 is 5.91 Å². The minimum absolute atomic E-state index is 0.0233. The maximum absolute atomic E-state index is 12.7. The first kappa shape index (κ1) is 18.6. The van der Waals surface area contributed by atoms with Gasteiger partial charge in [0.1, 0.15) is 5.82 Å². The summed E-state index contributed by atoms with van der Waals surface area (Å²) in [5.74, 6) is 2.41. The summed E-state index contributed by atoms with van der Waals surface area (Å²) < 4.78 is 6.22. The van der Waals surface area contributed by atoms with Crippen LogP contribution in [0.25, 0.3) is 0 Å². The van der Waals surface area contributed by atoms with Crippen LogP contribution in [0.1, 0.15) is 42.8 Å². The molecule has 3 aliphatic rings. The number of fused-ring (bicyclic) bond motifs is 1. The number of nitrogens with zero attached hydrogens (tertiary/aromatic N) is 1. The standard InChI is InChI=1S/C20H30N4O3/c1-11-16(20(26)23-12(2)22-11)7-19(25)24-17-5-14-8-21-9-15(14)6-18(17)27-10-13-3-4-13/h13-15,17-18,21H,3-10H2,1-2H3,(H,24,25)(H,22,23,26)/t14-,15+,17-,18-/m0/s1. The molecule has 4 atom stereocenters. The number of carbonyl (C=O) groups is 1. The highest BCUT2D eigenvalue weighted by Gasteiger charge is 2.41. The fourth-order valence-corrected chi connectivity index (χ4v) is 4.54. The van der Waals surface area contributed by atoms with Crippen molar-refractivity contribution in [3.63, 3.8) is 0 Å². The summed E-state index contributed by atoms with van der Waals surface area (Å²) in [7, 11) is 0. The van der Waals surface area contributed by atoms with Gasteiger partial charge in [-0.3, -0.25) is 9.59 Å². The molecule has 2 heterocycles. The van der Waals surface area contributed by atoms with E-state index in [9.17, 15) is 9.59 Å². The second kappa shape index (κ2) is 7.72. The fraction of sp³-hybridized carbons (Fsp3) is 0.750. The predicted molar refractivity (Wildman–Crippen MR) is 102 cm³/mol. The van der Waals surface area contributed by atoms with Crippen LogP contribution >= 0.6 is 0 Å². The van der Waals surface area contributed by atoms with Gasteiger partial charge < -0.3 is 20.4 Å². The number of ether oxygens (including phenoxy) is 1. The number of hydrogen-bond acceptors (Lipinski definition) is 5. The first-order valence-corrected chi connectivity index (χ1v) is 10.2. The number of carbonyl (C=O) groups excluding carboxylic acids is 1. The third-order valence-electron chi connectivity index (χ3n) is 6.29. The van der Waals surface area contributed by atoms with Crippen LogP contribution in [0.4, 0.5) is 0 Å². The van der Waals surface area contributed by atoms with Crippen molar-refractivity contribution < 1.29 is 9.53 Å². The van der Waals surface area contributed by atoms with E-state index in [1.54, 1.807) is 13.8 Å². The van der Waals surface area contributed by atoms with Gasteiger partial charge in [-0.1, -0.05) is 0 Å². The van der Waals surface area contributed by atoms with Crippen molar-refractivity contribution in [1.82, 2.24) is 20.6 Å². The second-order valence-electron chi connectivity index (χ2n) is 8.53. The van der Waals surface area contributed by atoms with Gasteiger partial charge in [0.15, 0.2) is 0 Å². The topological polar surface area (TPSA) is 96.1 Å². The molecule has 1 saturated heterocycles. The molecule has 1 amide bonds. The lowest BCUT2D eigenvalue weighted by Gasteiger charge is -2.38. The van der Waals surface area contributed by atoms with Gasteiger partial charge in [-0.25, -0.2) is 4.98 Å². The molecule has 0 spiro atoms. The van der Waals surface area contributed by atoms with Crippen molar-refractivity contribution in [3.8, 4) is 0 Å². The molecule has 0 bridgehead atoms. The summed E-state index contributed by atoms with van der Waals surface area (Å²) in [5.41, 5.74) is 0.849. The molecular formula is C20H30N4O3. The SMILES string of the molecule is Cc1nc(C)c(CC(=O)N[C@H]2C[C@H]3CNC[C@H]3C[C@@H]2OCC2CC2)c(=O)[nH]1. The predicted octanol–water partition coefficient (Wildman–Crippen LogP) is 0.839. The number of hydrogen-bond donors (Lipinski definition) is 3. The van der Waals surface area contributed by atoms with E-state index in [1.165, 1.54) is 12.8 Å². The molecule has 0 radical (unpaired) electrons. The Kier molecular flexibility index (Phi) is 5.32. The quantitative estimate of drug-likeness (QED) is 0.686. The van der Waals surface area contributed by atoms with Crippen LogP contribution in [0.5, 0.6) is 0 Å². The Balaban J connectivity index is 1.41. The van der Waals surface area contributed by atoms with Crippen molar-refractivity contribution in [3.05, 3.63) is 27.4 Å². The van der Waals surface area contributed by atoms with E-state index < -0.39 is 0 Å². The Morgan fingerprint density at radius 3 is 2.67 bits per heavy atom. The first-order valence-electron chi connectivity index (χ1n) is 10.2. The minimum atomic E-state index is -0.222. The first-order chi connectivity index (χ1) is 13.0. The number of rotatable bonds is 6. The number of amides is 1. The Morgan fingerprint density at radius 1 is 1.22 bits per heavy atom. The average Bonchev–Trinajstić information content (AvgIpc) is 3.33. The molecule has 1 aromatic heterocycles. The van der Waals surface area contributed by atoms with Gasteiger partial charge in [-0.15, -0.1) is 0 Å². The number of nitrogens with one attached hydrogen (secondary N) is 3. The van der Waals surface area contributed by atoms with Gasteiger partial charge in [0.25, 0.3) is 5.56 Å². The summed E-state index contributed by atoms with van der Waals surface area (Å²) in [6.45, 7) is 6.41. The molecule has 2 saturated carbocycles. The third-order valence-corrected chi connectivity index (χ3v) is 6.29. The summed E-state index contributed by atoms with van der Waals surface area (Å²) in [4.78, 5) is 31.8. The molecule has 0 unspecified atom stereocenters. The van der Waals surface area contributed by atoms with Crippen LogP contribution in [0.3, 0.4) is 0 Å². The van der Waals surface area contributed by atoms with Crippen LogP contribution in [-0.2, 0) is 16.0 Å². The van der Waals surface area contributed by atoms with E-state index in [1.807, 2.05) is 0 Å². The molecule has 4 rings (SSSR count). The van der Waals surface area contributed by atoms with E-state index in [0.717, 1.165) is 32.5 Å². The Bertz CT molecular complexity index is 758. The molecule has 2 aliphatic carbocycles. The molecule has 1 aliphatic heterocycles. The zero-order valence-corrected chi connectivity index (χ0v) is 16.2. The highest BCUT2D eigenvalue weighted by atomic mass is 16.5. The smallest absolute Gasteiger partial charge is 0.254 e. The largest absolute Gasteiger partial charge is 0.376 e. The van der Waals surface area contributed by atoms with E-state index in [4.69, 9.17) is 4.74 Å². The third kappa shape index (κ3) is 4.41. The molecule has 148 valence electrons. The van der Waals surface area contributed by atoms with Gasteiger partial charge in [0, 0.05) is 17.9 Å². The fourth-order valence-electron chi connectivity index (χ4n) is 4.54. The second-order valence-corrected chi connectivity index (χ2v) is 8.53. The van der Waals surface area contributed by atoms with Gasteiger partial charge in [0.05, 0.1) is 18.6 Å². The minimum Gasteiger partial charge on any atom is -0.376 e. The van der Waals surface area contributed by atoms with Gasteiger partial charge in [-0.2, -0.15) is 0 Å². The molecule has 7 heteroatoms. The monoisotopic (exact) mass is 374 g/mol. The Morgan fingerprint density at radius 2 is 1.96 bits per heavy atom. The Hall–Kier alpha value is -1.73.